The molecule has 0 bridgehead atoms. The van der Waals surface area contributed by atoms with Crippen molar-refractivity contribution in [2.24, 2.45) is 18.0 Å². The molecule has 1 aromatic heterocycles. The first-order valence-corrected chi connectivity index (χ1v) is 8.72. The predicted molar refractivity (Wildman–Crippen MR) is 103 cm³/mol. The van der Waals surface area contributed by atoms with E-state index in [4.69, 9.17) is 0 Å². The van der Waals surface area contributed by atoms with Crippen molar-refractivity contribution in [2.45, 2.75) is 57.5 Å². The smallest absolute Gasteiger partial charge is 0.357 e. The molecule has 2 atom stereocenters. The number of rotatable bonds is 4. The first kappa shape index (κ1) is 24.8. The van der Waals surface area contributed by atoms with Gasteiger partial charge in [0.15, 0.2) is 11.7 Å². The van der Waals surface area contributed by atoms with E-state index in [1.54, 1.807) is 6.92 Å². The van der Waals surface area contributed by atoms with Crippen molar-refractivity contribution in [2.75, 3.05) is 6.54 Å². The molecule has 0 amide bonds. The van der Waals surface area contributed by atoms with Crippen molar-refractivity contribution in [3.63, 3.8) is 0 Å². The Kier molecular flexibility index (Phi) is 8.88. The Hall–Kier alpha value is -1.21. The van der Waals surface area contributed by atoms with Gasteiger partial charge in [0, 0.05) is 31.4 Å². The Bertz CT molecular complexity index is 655. The number of aryl methyl sites for hydroxylation is 1. The zero-order valence-electron chi connectivity index (χ0n) is 15.5. The molecule has 1 heterocycles. The molecule has 5 nitrogen and oxygen atoms in total. The molecule has 0 saturated heterocycles. The van der Waals surface area contributed by atoms with Crippen LogP contribution in [0.2, 0.25) is 0 Å². The molecule has 2 rings (SSSR count). The van der Waals surface area contributed by atoms with Crippen LogP contribution in [0.25, 0.3) is 0 Å². The molecule has 1 aromatic rings. The number of aromatic nitrogens is 2. The third-order valence-electron chi connectivity index (χ3n) is 4.40. The number of aliphatic imine (C=N–C) groups is 1. The van der Waals surface area contributed by atoms with Gasteiger partial charge in [0.05, 0.1) is 12.5 Å². The van der Waals surface area contributed by atoms with E-state index in [1.807, 2.05) is 0 Å². The predicted octanol–water partition coefficient (Wildman–Crippen LogP) is 4.23. The van der Waals surface area contributed by atoms with Gasteiger partial charge in [0.2, 0.25) is 0 Å². The minimum Gasteiger partial charge on any atom is -0.357 e. The number of alkyl halides is 6. The second-order valence-electron chi connectivity index (χ2n) is 6.62. The summed E-state index contributed by atoms with van der Waals surface area (Å²) in [5.41, 5.74) is -1.11. The molecule has 2 N–H and O–H groups in total. The van der Waals surface area contributed by atoms with E-state index in [9.17, 15) is 26.3 Å². The third kappa shape index (κ3) is 6.99. The highest BCUT2D eigenvalue weighted by Gasteiger charge is 2.42. The average molecular weight is 527 g/mol. The number of guanidine groups is 1. The van der Waals surface area contributed by atoms with Gasteiger partial charge in [-0.1, -0.05) is 6.42 Å². The summed E-state index contributed by atoms with van der Waals surface area (Å²) in [6, 6.07) is -0.431. The molecule has 0 aromatic carbocycles. The Labute approximate surface area is 176 Å². The second kappa shape index (κ2) is 10.0. The SMILES string of the molecule is CCNC(=NCc1cn(C)nc1C(F)(F)F)NC1CCCC(C(F)(F)F)C1.I. The van der Waals surface area contributed by atoms with Crippen molar-refractivity contribution in [1.29, 1.82) is 0 Å². The monoisotopic (exact) mass is 527 g/mol. The van der Waals surface area contributed by atoms with Gasteiger partial charge >= 0.3 is 12.4 Å². The summed E-state index contributed by atoms with van der Waals surface area (Å²) in [5, 5.41) is 9.21. The summed E-state index contributed by atoms with van der Waals surface area (Å²) in [6.45, 7) is 1.91. The first-order chi connectivity index (χ1) is 12.5. The fraction of sp³-hybridized carbons (Fsp3) is 0.750. The van der Waals surface area contributed by atoms with E-state index in [2.05, 4.69) is 20.7 Å². The molecule has 0 aliphatic heterocycles. The van der Waals surface area contributed by atoms with Crippen LogP contribution < -0.4 is 10.6 Å². The van der Waals surface area contributed by atoms with Gasteiger partial charge in [-0.3, -0.25) is 4.68 Å². The van der Waals surface area contributed by atoms with Crippen LogP contribution in [-0.4, -0.2) is 34.5 Å². The lowest BCUT2D eigenvalue weighted by Gasteiger charge is -2.31. The van der Waals surface area contributed by atoms with E-state index in [0.717, 1.165) is 4.68 Å². The minimum absolute atomic E-state index is 0. The van der Waals surface area contributed by atoms with Crippen molar-refractivity contribution in [1.82, 2.24) is 20.4 Å². The molecule has 12 heteroatoms. The van der Waals surface area contributed by atoms with E-state index in [1.165, 1.54) is 13.2 Å². The highest BCUT2D eigenvalue weighted by molar-refractivity contribution is 14.0. The molecule has 28 heavy (non-hydrogen) atoms. The van der Waals surface area contributed by atoms with E-state index in [0.29, 0.717) is 19.4 Å². The summed E-state index contributed by atoms with van der Waals surface area (Å²) in [7, 11) is 1.38. The van der Waals surface area contributed by atoms with Crippen molar-refractivity contribution >= 4 is 29.9 Å². The molecule has 162 valence electrons. The molecule has 1 aliphatic rings. The fourth-order valence-electron chi connectivity index (χ4n) is 3.19. The zero-order chi connectivity index (χ0) is 20.2. The normalized spacial score (nSPS) is 21.2. The molecule has 1 fully saturated rings. The Morgan fingerprint density at radius 3 is 2.50 bits per heavy atom. The van der Waals surface area contributed by atoms with E-state index in [-0.39, 0.29) is 54.9 Å². The highest BCUT2D eigenvalue weighted by Crippen LogP contribution is 2.37. The quantitative estimate of drug-likeness (QED) is 0.267. The second-order valence-corrected chi connectivity index (χ2v) is 6.62. The lowest BCUT2D eigenvalue weighted by Crippen LogP contribution is -2.46. The van der Waals surface area contributed by atoms with Crippen LogP contribution in [-0.2, 0) is 19.8 Å². The third-order valence-corrected chi connectivity index (χ3v) is 4.40. The largest absolute Gasteiger partial charge is 0.435 e. The number of nitrogens with one attached hydrogen (secondary N) is 2. The first-order valence-electron chi connectivity index (χ1n) is 8.72. The summed E-state index contributed by atoms with van der Waals surface area (Å²) < 4.78 is 78.9. The Morgan fingerprint density at radius 1 is 1.25 bits per heavy atom. The van der Waals surface area contributed by atoms with E-state index < -0.39 is 30.0 Å². The van der Waals surface area contributed by atoms with Crippen LogP contribution in [0.1, 0.15) is 43.9 Å². The lowest BCUT2D eigenvalue weighted by molar-refractivity contribution is -0.183. The summed E-state index contributed by atoms with van der Waals surface area (Å²) >= 11 is 0. The Balaban J connectivity index is 0.00000392. The zero-order valence-corrected chi connectivity index (χ0v) is 17.8. The molecular formula is C16H24F6IN5. The van der Waals surface area contributed by atoms with Gasteiger partial charge in [-0.25, -0.2) is 4.99 Å². The summed E-state index contributed by atoms with van der Waals surface area (Å²) in [4.78, 5) is 4.11. The minimum atomic E-state index is -4.60. The van der Waals surface area contributed by atoms with Crippen LogP contribution in [0.15, 0.2) is 11.2 Å². The standard InChI is InChI=1S/C16H23F6N5.HI/c1-3-23-14(25-12-6-4-5-11(7-12)15(17,18)19)24-8-10-9-27(2)26-13(10)16(20,21)22;/h9,11-12H,3-8H2,1-2H3,(H2,23,24,25);1H. The topological polar surface area (TPSA) is 54.2 Å². The maximum Gasteiger partial charge on any atom is 0.435 e. The van der Waals surface area contributed by atoms with Crippen LogP contribution in [0.5, 0.6) is 0 Å². The van der Waals surface area contributed by atoms with Gasteiger partial charge in [-0.05, 0) is 26.2 Å². The Morgan fingerprint density at radius 2 is 1.93 bits per heavy atom. The van der Waals surface area contributed by atoms with Gasteiger partial charge in [-0.2, -0.15) is 31.4 Å². The molecule has 1 aliphatic carbocycles. The number of nitrogens with zero attached hydrogens (tertiary/aromatic N) is 3. The van der Waals surface area contributed by atoms with Crippen molar-refractivity contribution in [3.05, 3.63) is 17.5 Å². The summed E-state index contributed by atoms with van der Waals surface area (Å²) in [5.74, 6) is -1.18. The van der Waals surface area contributed by atoms with Crippen LogP contribution in [0, 0.1) is 5.92 Å². The number of halogens is 7. The van der Waals surface area contributed by atoms with Crippen LogP contribution in [0.3, 0.4) is 0 Å². The van der Waals surface area contributed by atoms with Crippen molar-refractivity contribution in [3.8, 4) is 0 Å². The van der Waals surface area contributed by atoms with Crippen LogP contribution >= 0.6 is 24.0 Å². The van der Waals surface area contributed by atoms with Gasteiger partial charge in [-0.15, -0.1) is 24.0 Å². The molecule has 2 unspecified atom stereocenters. The number of hydrogen-bond donors (Lipinski definition) is 2. The van der Waals surface area contributed by atoms with Gasteiger partial charge < -0.3 is 10.6 Å². The average Bonchev–Trinajstić information content (AvgIpc) is 2.93. The van der Waals surface area contributed by atoms with Crippen molar-refractivity contribution < 1.29 is 26.3 Å². The van der Waals surface area contributed by atoms with Gasteiger partial charge in [0.1, 0.15) is 0 Å². The van der Waals surface area contributed by atoms with Gasteiger partial charge in [0.25, 0.3) is 0 Å². The lowest BCUT2D eigenvalue weighted by atomic mass is 9.85. The molecule has 0 radical (unpaired) electrons. The maximum atomic E-state index is 13.0. The molecule has 0 spiro atoms. The maximum absolute atomic E-state index is 13.0. The fourth-order valence-corrected chi connectivity index (χ4v) is 3.19. The number of hydrogen-bond acceptors (Lipinski definition) is 2. The molecular weight excluding hydrogens is 503 g/mol. The van der Waals surface area contributed by atoms with Crippen LogP contribution in [0.4, 0.5) is 26.3 Å². The highest BCUT2D eigenvalue weighted by atomic mass is 127. The van der Waals surface area contributed by atoms with E-state index >= 15 is 0 Å². The molecule has 1 saturated carbocycles. The summed E-state index contributed by atoms with van der Waals surface area (Å²) in [6.07, 6.45) is -6.60.